The van der Waals surface area contributed by atoms with E-state index in [0.29, 0.717) is 40.2 Å². The molecule has 0 bridgehead atoms. The molecule has 7 rings (SSSR count). The summed E-state index contributed by atoms with van der Waals surface area (Å²) < 4.78 is 36.2. The molecule has 12 heteroatoms. The van der Waals surface area contributed by atoms with Crippen LogP contribution in [0.15, 0.2) is 48.9 Å². The molecule has 1 aromatic carbocycles. The lowest BCUT2D eigenvalue weighted by Crippen LogP contribution is -2.38. The number of thiazole rings is 1. The quantitative estimate of drug-likeness (QED) is 0.243. The van der Waals surface area contributed by atoms with Crippen LogP contribution in [0.4, 0.5) is 4.39 Å². The molecule has 6 heterocycles. The van der Waals surface area contributed by atoms with Gasteiger partial charge in [0.2, 0.25) is 0 Å². The average molecular weight is 590 g/mol. The molecule has 2 aliphatic rings. The highest BCUT2D eigenvalue weighted by atomic mass is 32.1. The summed E-state index contributed by atoms with van der Waals surface area (Å²) in [4.78, 5) is 12.6. The number of pyridine rings is 1. The summed E-state index contributed by atoms with van der Waals surface area (Å²) in [7, 11) is 0. The molecular formula is C30H32FN7O3S. The number of ether oxygens (including phenoxy) is 3. The van der Waals surface area contributed by atoms with Crippen LogP contribution in [-0.4, -0.2) is 80.3 Å². The van der Waals surface area contributed by atoms with Crippen molar-refractivity contribution in [2.45, 2.75) is 32.4 Å². The molecule has 0 spiro atoms. The van der Waals surface area contributed by atoms with Crippen LogP contribution < -0.4 is 4.74 Å². The van der Waals surface area contributed by atoms with Crippen molar-refractivity contribution >= 4 is 16.9 Å². The largest absolute Gasteiger partial charge is 0.492 e. The van der Waals surface area contributed by atoms with Gasteiger partial charge in [0.05, 0.1) is 35.7 Å². The number of halogens is 1. The normalized spacial score (nSPS) is 18.1. The molecule has 1 atom stereocenters. The lowest BCUT2D eigenvalue weighted by molar-refractivity contribution is -0.0395. The van der Waals surface area contributed by atoms with Crippen LogP contribution in [-0.2, 0) is 9.47 Å². The fourth-order valence-electron chi connectivity index (χ4n) is 5.48. The van der Waals surface area contributed by atoms with Gasteiger partial charge in [0.25, 0.3) is 0 Å². The minimum atomic E-state index is -0.349. The van der Waals surface area contributed by atoms with Crippen LogP contribution in [0.1, 0.15) is 31.2 Å². The van der Waals surface area contributed by atoms with Crippen molar-refractivity contribution in [2.75, 3.05) is 46.1 Å². The summed E-state index contributed by atoms with van der Waals surface area (Å²) in [5, 5.41) is 10.2. The van der Waals surface area contributed by atoms with E-state index in [1.807, 2.05) is 35.8 Å². The Morgan fingerprint density at radius 3 is 2.81 bits per heavy atom. The minimum Gasteiger partial charge on any atom is -0.492 e. The number of aryl methyl sites for hydroxylation is 1. The van der Waals surface area contributed by atoms with Crippen molar-refractivity contribution in [1.82, 2.24) is 34.3 Å². The zero-order valence-electron chi connectivity index (χ0n) is 23.4. The number of rotatable bonds is 8. The second-order valence-electron chi connectivity index (χ2n) is 10.5. The molecule has 0 amide bonds. The first-order valence-corrected chi connectivity index (χ1v) is 15.2. The van der Waals surface area contributed by atoms with E-state index in [2.05, 4.69) is 9.88 Å². The number of aromatic nitrogens is 6. The fourth-order valence-corrected chi connectivity index (χ4v) is 6.60. The Hall–Kier alpha value is -3.71. The van der Waals surface area contributed by atoms with Gasteiger partial charge in [-0.25, -0.2) is 23.6 Å². The number of nitrogens with zero attached hydrogens (tertiary/aromatic N) is 7. The van der Waals surface area contributed by atoms with Gasteiger partial charge in [-0.05, 0) is 44.4 Å². The van der Waals surface area contributed by atoms with Crippen molar-refractivity contribution in [3.8, 4) is 38.3 Å². The number of fused-ring (bicyclic) bond motifs is 1. The molecule has 2 saturated heterocycles. The summed E-state index contributed by atoms with van der Waals surface area (Å²) in [6.07, 6.45) is 6.46. The van der Waals surface area contributed by atoms with E-state index >= 15 is 4.39 Å². The molecule has 1 unspecified atom stereocenters. The minimum absolute atomic E-state index is 0.146. The van der Waals surface area contributed by atoms with Crippen LogP contribution in [0, 0.1) is 12.7 Å². The van der Waals surface area contributed by atoms with Gasteiger partial charge in [0, 0.05) is 44.1 Å². The van der Waals surface area contributed by atoms with E-state index in [0.717, 1.165) is 74.6 Å². The van der Waals surface area contributed by atoms with Gasteiger partial charge in [-0.3, -0.25) is 4.90 Å². The van der Waals surface area contributed by atoms with Gasteiger partial charge in [0.15, 0.2) is 12.1 Å². The third kappa shape index (κ3) is 5.42. The van der Waals surface area contributed by atoms with Gasteiger partial charge < -0.3 is 14.2 Å². The van der Waals surface area contributed by atoms with Crippen LogP contribution >= 0.6 is 11.3 Å². The monoisotopic (exact) mass is 589 g/mol. The van der Waals surface area contributed by atoms with E-state index < -0.39 is 0 Å². The Kier molecular flexibility index (Phi) is 7.68. The van der Waals surface area contributed by atoms with Crippen molar-refractivity contribution in [3.63, 3.8) is 0 Å². The molecule has 2 fully saturated rings. The number of hydrogen-bond acceptors (Lipinski definition) is 9. The topological polar surface area (TPSA) is 91.8 Å². The highest BCUT2D eigenvalue weighted by molar-refractivity contribution is 7.19. The molecule has 10 nitrogen and oxygen atoms in total. The maximum absolute atomic E-state index is 15.1. The zero-order chi connectivity index (χ0) is 28.5. The van der Waals surface area contributed by atoms with E-state index in [1.54, 1.807) is 23.1 Å². The first-order chi connectivity index (χ1) is 20.6. The van der Waals surface area contributed by atoms with E-state index in [-0.39, 0.29) is 12.0 Å². The van der Waals surface area contributed by atoms with Gasteiger partial charge in [-0.15, -0.1) is 16.4 Å². The van der Waals surface area contributed by atoms with E-state index in [4.69, 9.17) is 29.4 Å². The van der Waals surface area contributed by atoms with Crippen molar-refractivity contribution in [1.29, 1.82) is 0 Å². The standard InChI is InChI=1S/C30H32FN7O3S/c1-20-26(24-18-21(9-10-37(24)34-20)40-17-13-36-11-15-39-16-12-36)30-33-27(22-6-2-3-7-23(22)31)28(42-30)29-32-19-38(35-29)25-8-4-5-14-41-25/h2-3,6-7,9-10,18-19,25H,4-5,8,11-17H2,1H3. The van der Waals surface area contributed by atoms with E-state index in [9.17, 15) is 0 Å². The Bertz CT molecular complexity index is 1690. The molecule has 218 valence electrons. The molecule has 4 aromatic heterocycles. The maximum Gasteiger partial charge on any atom is 0.193 e. The Morgan fingerprint density at radius 1 is 1.10 bits per heavy atom. The smallest absolute Gasteiger partial charge is 0.193 e. The lowest BCUT2D eigenvalue weighted by atomic mass is 10.1. The van der Waals surface area contributed by atoms with Crippen molar-refractivity contribution in [3.05, 3.63) is 60.4 Å². The second kappa shape index (κ2) is 11.9. The third-order valence-electron chi connectivity index (χ3n) is 7.69. The first kappa shape index (κ1) is 27.1. The zero-order valence-corrected chi connectivity index (χ0v) is 24.2. The number of hydrogen-bond donors (Lipinski definition) is 0. The van der Waals surface area contributed by atoms with Crippen LogP contribution in [0.25, 0.3) is 38.0 Å². The van der Waals surface area contributed by atoms with Crippen LogP contribution in [0.2, 0.25) is 0 Å². The number of benzene rings is 1. The molecule has 5 aromatic rings. The third-order valence-corrected chi connectivity index (χ3v) is 8.76. The molecule has 0 radical (unpaired) electrons. The maximum atomic E-state index is 15.1. The second-order valence-corrected chi connectivity index (χ2v) is 11.5. The molecule has 0 saturated carbocycles. The summed E-state index contributed by atoms with van der Waals surface area (Å²) >= 11 is 1.44. The van der Waals surface area contributed by atoms with Gasteiger partial charge in [0.1, 0.15) is 34.4 Å². The summed E-state index contributed by atoms with van der Waals surface area (Å²) in [6, 6.07) is 10.6. The molecule has 0 aliphatic carbocycles. The van der Waals surface area contributed by atoms with Crippen LogP contribution in [0.3, 0.4) is 0 Å². The Morgan fingerprint density at radius 2 is 1.98 bits per heavy atom. The summed E-state index contributed by atoms with van der Waals surface area (Å²) in [6.45, 7) is 7.45. The van der Waals surface area contributed by atoms with Gasteiger partial charge >= 0.3 is 0 Å². The van der Waals surface area contributed by atoms with Crippen molar-refractivity contribution < 1.29 is 18.6 Å². The predicted octanol–water partition coefficient (Wildman–Crippen LogP) is 5.24. The summed E-state index contributed by atoms with van der Waals surface area (Å²) in [5.74, 6) is 0.904. The highest BCUT2D eigenvalue weighted by Crippen LogP contribution is 2.42. The molecule has 42 heavy (non-hydrogen) atoms. The van der Waals surface area contributed by atoms with Gasteiger partial charge in [-0.1, -0.05) is 12.1 Å². The highest BCUT2D eigenvalue weighted by Gasteiger charge is 2.25. The summed E-state index contributed by atoms with van der Waals surface area (Å²) in [5.41, 5.74) is 3.46. The molecule has 0 N–H and O–H groups in total. The van der Waals surface area contributed by atoms with Crippen molar-refractivity contribution in [2.24, 2.45) is 0 Å². The lowest BCUT2D eigenvalue weighted by Gasteiger charge is -2.26. The predicted molar refractivity (Wildman–Crippen MR) is 157 cm³/mol. The number of morpholine rings is 1. The first-order valence-electron chi connectivity index (χ1n) is 14.3. The average Bonchev–Trinajstić information content (AvgIpc) is 3.75. The molecular weight excluding hydrogens is 557 g/mol. The van der Waals surface area contributed by atoms with Crippen LogP contribution in [0.5, 0.6) is 5.75 Å². The Balaban J connectivity index is 1.24. The fraction of sp³-hybridized carbons (Fsp3) is 0.400. The molecule has 2 aliphatic heterocycles. The van der Waals surface area contributed by atoms with Gasteiger partial charge in [-0.2, -0.15) is 5.10 Å². The SMILES string of the molecule is Cc1nn2ccc(OCCN3CCOCC3)cc2c1-c1nc(-c2ccccc2F)c(-c2ncn(C3CCCCO3)n2)s1. The van der Waals surface area contributed by atoms with E-state index in [1.165, 1.54) is 17.4 Å². The Labute approximate surface area is 246 Å².